The lowest BCUT2D eigenvalue weighted by atomic mass is 9.78. The molecule has 1 unspecified atom stereocenters. The predicted molar refractivity (Wildman–Crippen MR) is 124 cm³/mol. The SMILES string of the molecule is [2H]c1c2c(cc(C)c1-c1c(C)cc3c(C(C)C)cccc3c1[2H])C(C(C)C)C([2H])([2H])C=C2. The van der Waals surface area contributed by atoms with Crippen LogP contribution in [0.15, 0.2) is 48.5 Å². The van der Waals surface area contributed by atoms with Gasteiger partial charge in [-0.2, -0.15) is 0 Å². The summed E-state index contributed by atoms with van der Waals surface area (Å²) in [5.74, 6) is 0.191. The third kappa shape index (κ3) is 3.20. The minimum absolute atomic E-state index is 0.113. The van der Waals surface area contributed by atoms with Gasteiger partial charge in [-0.3, -0.25) is 0 Å². The Hall–Kier alpha value is -2.34. The zero-order chi connectivity index (χ0) is 23.5. The van der Waals surface area contributed by atoms with Crippen molar-refractivity contribution in [1.29, 1.82) is 0 Å². The average molecular weight is 373 g/mol. The maximum absolute atomic E-state index is 9.12. The lowest BCUT2D eigenvalue weighted by Gasteiger charge is -2.27. The van der Waals surface area contributed by atoms with Crippen LogP contribution in [0.25, 0.3) is 28.0 Å². The minimum atomic E-state index is -1.44. The molecule has 0 heterocycles. The molecule has 0 saturated heterocycles. The molecule has 0 spiro atoms. The van der Waals surface area contributed by atoms with Gasteiger partial charge in [0.1, 0.15) is 0 Å². The van der Waals surface area contributed by atoms with Crippen LogP contribution in [0.1, 0.15) is 79.2 Å². The minimum Gasteiger partial charge on any atom is -0.0833 e. The van der Waals surface area contributed by atoms with E-state index in [9.17, 15) is 0 Å². The fraction of sp³-hybridized carbons (Fsp3) is 0.357. The van der Waals surface area contributed by atoms with Crippen molar-refractivity contribution in [3.63, 3.8) is 0 Å². The molecule has 3 aromatic rings. The topological polar surface area (TPSA) is 0 Å². The number of hydrogen-bond acceptors (Lipinski definition) is 0. The Morgan fingerprint density at radius 2 is 1.71 bits per heavy atom. The van der Waals surface area contributed by atoms with Crippen LogP contribution in [0.5, 0.6) is 0 Å². The van der Waals surface area contributed by atoms with Crippen LogP contribution in [0.3, 0.4) is 0 Å². The molecule has 1 atom stereocenters. The van der Waals surface area contributed by atoms with Gasteiger partial charge in [0.05, 0.1) is 2.74 Å². The standard InChI is InChI=1S/C28H32/c1-17(2)23-11-7-9-21-15-25(19(5)13-27(21)23)26-16-22-10-8-12-24(18(3)4)28(22)14-20(26)6/h7-11,13-18,24H,12H2,1-6H3/i12D2,15D,16D. The van der Waals surface area contributed by atoms with Gasteiger partial charge in [-0.05, 0) is 99.8 Å². The molecule has 0 radical (unpaired) electrons. The van der Waals surface area contributed by atoms with Crippen molar-refractivity contribution in [2.45, 2.75) is 59.8 Å². The first-order valence-corrected chi connectivity index (χ1v) is 10.3. The molecule has 0 fully saturated rings. The molecule has 1 aliphatic rings. The van der Waals surface area contributed by atoms with Gasteiger partial charge in [-0.1, -0.05) is 70.2 Å². The van der Waals surface area contributed by atoms with Crippen LogP contribution in [-0.2, 0) is 0 Å². The van der Waals surface area contributed by atoms with Gasteiger partial charge in [0.25, 0.3) is 0 Å². The molecule has 0 heteroatoms. The first kappa shape index (κ1) is 14.6. The molecule has 28 heavy (non-hydrogen) atoms. The van der Waals surface area contributed by atoms with Crippen molar-refractivity contribution in [1.82, 2.24) is 0 Å². The second-order valence-corrected chi connectivity index (χ2v) is 8.71. The fourth-order valence-electron chi connectivity index (χ4n) is 4.36. The van der Waals surface area contributed by atoms with Crippen LogP contribution < -0.4 is 0 Å². The Bertz CT molecular complexity index is 1250. The summed E-state index contributed by atoms with van der Waals surface area (Å²) in [5, 5.41) is 2.03. The van der Waals surface area contributed by atoms with E-state index in [0.717, 1.165) is 44.2 Å². The van der Waals surface area contributed by atoms with E-state index in [4.69, 9.17) is 5.48 Å². The second kappa shape index (κ2) is 7.24. The van der Waals surface area contributed by atoms with E-state index < -0.39 is 6.37 Å². The summed E-state index contributed by atoms with van der Waals surface area (Å²) in [4.78, 5) is 0. The number of fused-ring (bicyclic) bond motifs is 2. The predicted octanol–water partition coefficient (Wildman–Crippen LogP) is 8.40. The van der Waals surface area contributed by atoms with E-state index >= 15 is 0 Å². The van der Waals surface area contributed by atoms with Crippen molar-refractivity contribution >= 4 is 16.8 Å². The monoisotopic (exact) mass is 372 g/mol. The molecule has 144 valence electrons. The first-order chi connectivity index (χ1) is 15.0. The fourth-order valence-corrected chi connectivity index (χ4v) is 4.36. The van der Waals surface area contributed by atoms with Gasteiger partial charge >= 0.3 is 0 Å². The Morgan fingerprint density at radius 1 is 1.00 bits per heavy atom. The highest BCUT2D eigenvalue weighted by atomic mass is 14.3. The number of allylic oxidation sites excluding steroid dienone is 1. The van der Waals surface area contributed by atoms with Crippen molar-refractivity contribution in [3.8, 4) is 11.1 Å². The van der Waals surface area contributed by atoms with Gasteiger partial charge in [0.15, 0.2) is 0 Å². The quantitative estimate of drug-likeness (QED) is 0.433. The van der Waals surface area contributed by atoms with Crippen molar-refractivity contribution in [2.24, 2.45) is 5.92 Å². The number of aryl methyl sites for hydroxylation is 2. The van der Waals surface area contributed by atoms with E-state index in [2.05, 4.69) is 32.0 Å². The van der Waals surface area contributed by atoms with E-state index in [1.54, 1.807) is 12.2 Å². The Morgan fingerprint density at radius 3 is 2.43 bits per heavy atom. The Labute approximate surface area is 175 Å². The third-order valence-corrected chi connectivity index (χ3v) is 5.89. The normalized spacial score (nSPS) is 20.1. The molecular weight excluding hydrogens is 336 g/mol. The summed E-state index contributed by atoms with van der Waals surface area (Å²) in [7, 11) is 0. The van der Waals surface area contributed by atoms with Crippen molar-refractivity contribution < 1.29 is 5.48 Å². The maximum atomic E-state index is 9.12. The summed E-state index contributed by atoms with van der Waals surface area (Å²) >= 11 is 0. The molecule has 0 aliphatic heterocycles. The summed E-state index contributed by atoms with van der Waals surface area (Å²) < 4.78 is 35.2. The van der Waals surface area contributed by atoms with Gasteiger partial charge < -0.3 is 0 Å². The molecule has 3 aromatic carbocycles. The molecule has 0 nitrogen and oxygen atoms in total. The Balaban J connectivity index is 2.03. The van der Waals surface area contributed by atoms with Crippen molar-refractivity contribution in [2.75, 3.05) is 0 Å². The van der Waals surface area contributed by atoms with Gasteiger partial charge in [-0.15, -0.1) is 0 Å². The molecule has 4 rings (SSSR count). The van der Waals surface area contributed by atoms with Crippen LogP contribution in [0.2, 0.25) is 0 Å². The Kier molecular flexibility index (Phi) is 3.78. The van der Waals surface area contributed by atoms with Crippen LogP contribution in [0, 0.1) is 19.8 Å². The van der Waals surface area contributed by atoms with Gasteiger partial charge in [0, 0.05) is 2.74 Å². The molecule has 0 amide bonds. The van der Waals surface area contributed by atoms with Crippen LogP contribution >= 0.6 is 0 Å². The summed E-state index contributed by atoms with van der Waals surface area (Å²) in [6, 6.07) is 11.3. The van der Waals surface area contributed by atoms with E-state index in [-0.39, 0.29) is 11.8 Å². The number of rotatable bonds is 3. The second-order valence-electron chi connectivity index (χ2n) is 8.71. The third-order valence-electron chi connectivity index (χ3n) is 5.89. The van der Waals surface area contributed by atoms with Gasteiger partial charge in [-0.25, -0.2) is 0 Å². The lowest BCUT2D eigenvalue weighted by Crippen LogP contribution is -2.11. The smallest absolute Gasteiger partial charge is 0.0636 e. The van der Waals surface area contributed by atoms with E-state index in [1.165, 1.54) is 5.56 Å². The molecule has 0 saturated carbocycles. The molecular formula is C28H32. The van der Waals surface area contributed by atoms with Crippen LogP contribution in [-0.4, -0.2) is 0 Å². The highest BCUT2D eigenvalue weighted by molar-refractivity contribution is 5.92. The van der Waals surface area contributed by atoms with E-state index in [0.29, 0.717) is 18.0 Å². The summed E-state index contributed by atoms with van der Waals surface area (Å²) in [6.07, 6.45) is 1.95. The largest absolute Gasteiger partial charge is 0.0833 e. The number of benzene rings is 3. The molecule has 0 aromatic heterocycles. The zero-order valence-electron chi connectivity index (χ0n) is 21.8. The lowest BCUT2D eigenvalue weighted by molar-refractivity contribution is 0.499. The zero-order valence-corrected chi connectivity index (χ0v) is 17.8. The first-order valence-electron chi connectivity index (χ1n) is 12.3. The highest BCUT2D eigenvalue weighted by Gasteiger charge is 2.22. The molecule has 1 aliphatic carbocycles. The summed E-state index contributed by atoms with van der Waals surface area (Å²) in [5.41, 5.74) is 6.47. The summed E-state index contributed by atoms with van der Waals surface area (Å²) in [6.45, 7) is 12.5. The number of hydrogen-bond donors (Lipinski definition) is 0. The molecule has 0 N–H and O–H groups in total. The van der Waals surface area contributed by atoms with E-state index in [1.807, 2.05) is 39.8 Å². The maximum Gasteiger partial charge on any atom is 0.0636 e. The highest BCUT2D eigenvalue weighted by Crippen LogP contribution is 2.40. The molecule has 0 bridgehead atoms. The average Bonchev–Trinajstić information content (AvgIpc) is 2.68. The van der Waals surface area contributed by atoms with Gasteiger partial charge in [0.2, 0.25) is 0 Å². The van der Waals surface area contributed by atoms with Crippen LogP contribution in [0.4, 0.5) is 0 Å². The van der Waals surface area contributed by atoms with Crippen molar-refractivity contribution in [3.05, 3.63) is 76.3 Å².